The van der Waals surface area contributed by atoms with Gasteiger partial charge in [0, 0.05) is 25.6 Å². The van der Waals surface area contributed by atoms with Gasteiger partial charge in [0.1, 0.15) is 11.5 Å². The summed E-state index contributed by atoms with van der Waals surface area (Å²) in [5, 5.41) is 3.07. The number of carbonyl (C=O) groups excluding carboxylic acids is 2. The molecular weight excluding hydrogens is 354 g/mol. The highest BCUT2D eigenvalue weighted by Gasteiger charge is 2.24. The van der Waals surface area contributed by atoms with E-state index in [2.05, 4.69) is 5.32 Å². The fourth-order valence-electron chi connectivity index (χ4n) is 3.32. The number of nitrogens with two attached hydrogens (primary N) is 1. The highest BCUT2D eigenvalue weighted by Crippen LogP contribution is 2.17. The zero-order valence-electron chi connectivity index (χ0n) is 15.9. The Labute approximate surface area is 162 Å². The van der Waals surface area contributed by atoms with Crippen LogP contribution in [-0.4, -0.2) is 42.4 Å². The van der Waals surface area contributed by atoms with Crippen LogP contribution in [0.25, 0.3) is 0 Å². The monoisotopic (exact) mass is 385 g/mol. The number of carbonyl (C=O) groups is 2. The third kappa shape index (κ3) is 6.65. The highest BCUT2D eigenvalue weighted by atomic mass is 35.5. The number of nitrogens with zero attached hydrogens (tertiary/aromatic N) is 1. The number of hydrogen-bond acceptors (Lipinski definition) is 4. The van der Waals surface area contributed by atoms with Gasteiger partial charge in [-0.05, 0) is 52.1 Å². The summed E-state index contributed by atoms with van der Waals surface area (Å²) in [5.74, 6) is 1.55. The van der Waals surface area contributed by atoms with Crippen molar-refractivity contribution in [1.29, 1.82) is 0 Å². The number of unbranched alkanes of at least 4 members (excludes halogenated alkanes) is 3. The third-order valence-corrected chi connectivity index (χ3v) is 4.81. The largest absolute Gasteiger partial charge is 0.466 e. The van der Waals surface area contributed by atoms with Gasteiger partial charge in [-0.1, -0.05) is 12.8 Å². The molecule has 1 fully saturated rings. The van der Waals surface area contributed by atoms with Gasteiger partial charge >= 0.3 is 0 Å². The molecule has 3 N–H and O–H groups in total. The number of halogens is 1. The maximum atomic E-state index is 12.3. The molecule has 0 bridgehead atoms. The van der Waals surface area contributed by atoms with Crippen molar-refractivity contribution in [3.8, 4) is 0 Å². The number of piperidine rings is 1. The van der Waals surface area contributed by atoms with Crippen molar-refractivity contribution >= 4 is 24.2 Å². The molecule has 0 aromatic carbocycles. The van der Waals surface area contributed by atoms with Crippen molar-refractivity contribution in [2.75, 3.05) is 19.6 Å². The van der Waals surface area contributed by atoms with Gasteiger partial charge in [0.2, 0.25) is 5.91 Å². The number of amides is 2. The average Bonchev–Trinajstić information content (AvgIpc) is 2.93. The molecule has 0 unspecified atom stereocenters. The van der Waals surface area contributed by atoms with Crippen LogP contribution in [-0.2, 0) is 4.79 Å². The van der Waals surface area contributed by atoms with Crippen LogP contribution in [0.4, 0.5) is 0 Å². The van der Waals surface area contributed by atoms with E-state index >= 15 is 0 Å². The summed E-state index contributed by atoms with van der Waals surface area (Å²) in [4.78, 5) is 26.5. The molecule has 0 atom stereocenters. The second-order valence-electron chi connectivity index (χ2n) is 6.91. The molecule has 2 amide bonds. The fourth-order valence-corrected chi connectivity index (χ4v) is 3.32. The van der Waals surface area contributed by atoms with Crippen LogP contribution < -0.4 is 11.1 Å². The first-order valence-electron chi connectivity index (χ1n) is 9.37. The molecule has 7 heteroatoms. The van der Waals surface area contributed by atoms with Gasteiger partial charge in [-0.3, -0.25) is 9.59 Å². The van der Waals surface area contributed by atoms with Crippen molar-refractivity contribution in [1.82, 2.24) is 10.2 Å². The van der Waals surface area contributed by atoms with Crippen LogP contribution in [0, 0.1) is 13.8 Å². The number of aryl methyl sites for hydroxylation is 2. The van der Waals surface area contributed by atoms with E-state index in [-0.39, 0.29) is 30.3 Å². The molecule has 0 saturated carbocycles. The smallest absolute Gasteiger partial charge is 0.255 e. The Kier molecular flexibility index (Phi) is 9.73. The molecule has 1 saturated heterocycles. The Balaban J connectivity index is 0.00000338. The summed E-state index contributed by atoms with van der Waals surface area (Å²) in [6, 6.07) is 1.89. The SMILES string of the molecule is Cc1cc(C(=O)NC2CCN(C(=O)CCCCCCN)CC2)c(C)o1.Cl. The van der Waals surface area contributed by atoms with E-state index in [9.17, 15) is 9.59 Å². The summed E-state index contributed by atoms with van der Waals surface area (Å²) < 4.78 is 5.41. The first kappa shape index (κ1) is 22.5. The second kappa shape index (κ2) is 11.2. The molecule has 26 heavy (non-hydrogen) atoms. The van der Waals surface area contributed by atoms with Crippen molar-refractivity contribution < 1.29 is 14.0 Å². The lowest BCUT2D eigenvalue weighted by Crippen LogP contribution is -2.46. The van der Waals surface area contributed by atoms with Crippen molar-refractivity contribution in [2.24, 2.45) is 5.73 Å². The molecular formula is C19H32ClN3O3. The van der Waals surface area contributed by atoms with E-state index in [1.165, 1.54) is 0 Å². The lowest BCUT2D eigenvalue weighted by atomic mass is 10.0. The van der Waals surface area contributed by atoms with Crippen LogP contribution >= 0.6 is 12.4 Å². The summed E-state index contributed by atoms with van der Waals surface area (Å²) in [5.41, 5.74) is 6.08. The highest BCUT2D eigenvalue weighted by molar-refractivity contribution is 5.95. The normalized spacial score (nSPS) is 14.8. The third-order valence-electron chi connectivity index (χ3n) is 4.81. The molecule has 1 aromatic heterocycles. The quantitative estimate of drug-likeness (QED) is 0.673. The number of furan rings is 1. The van der Waals surface area contributed by atoms with E-state index in [0.717, 1.165) is 63.9 Å². The molecule has 1 aromatic rings. The van der Waals surface area contributed by atoms with Gasteiger partial charge in [-0.15, -0.1) is 12.4 Å². The van der Waals surface area contributed by atoms with Crippen molar-refractivity contribution in [3.63, 3.8) is 0 Å². The average molecular weight is 386 g/mol. The Bertz CT molecular complexity index is 581. The lowest BCUT2D eigenvalue weighted by molar-refractivity contribution is -0.132. The number of likely N-dealkylation sites (tertiary alicyclic amines) is 1. The van der Waals surface area contributed by atoms with Gasteiger partial charge in [-0.25, -0.2) is 0 Å². The summed E-state index contributed by atoms with van der Waals surface area (Å²) >= 11 is 0. The minimum absolute atomic E-state index is 0. The molecule has 0 radical (unpaired) electrons. The number of nitrogens with one attached hydrogen (secondary N) is 1. The van der Waals surface area contributed by atoms with E-state index in [1.54, 1.807) is 13.0 Å². The van der Waals surface area contributed by atoms with E-state index in [1.807, 2.05) is 11.8 Å². The number of hydrogen-bond donors (Lipinski definition) is 2. The Morgan fingerprint density at radius 1 is 1.19 bits per heavy atom. The second-order valence-corrected chi connectivity index (χ2v) is 6.91. The van der Waals surface area contributed by atoms with Gasteiger partial charge in [0.15, 0.2) is 0 Å². The molecule has 1 aliphatic rings. The molecule has 0 spiro atoms. The summed E-state index contributed by atoms with van der Waals surface area (Å²) in [6.07, 6.45) is 6.38. The standard InChI is InChI=1S/C19H31N3O3.ClH/c1-14-13-17(15(2)25-14)19(24)21-16-8-11-22(12-9-16)18(23)7-5-3-4-6-10-20;/h13,16H,3-12,20H2,1-2H3,(H,21,24);1H. The Morgan fingerprint density at radius 3 is 2.42 bits per heavy atom. The van der Waals surface area contributed by atoms with Crippen molar-refractivity contribution in [2.45, 2.75) is 64.8 Å². The van der Waals surface area contributed by atoms with E-state index < -0.39 is 0 Å². The molecule has 2 rings (SSSR count). The topological polar surface area (TPSA) is 88.6 Å². The zero-order valence-corrected chi connectivity index (χ0v) is 16.7. The van der Waals surface area contributed by atoms with E-state index in [4.69, 9.17) is 10.2 Å². The maximum Gasteiger partial charge on any atom is 0.255 e. The van der Waals surface area contributed by atoms with Gasteiger partial charge in [0.25, 0.3) is 5.91 Å². The Morgan fingerprint density at radius 2 is 1.85 bits per heavy atom. The first-order valence-corrected chi connectivity index (χ1v) is 9.37. The maximum absolute atomic E-state index is 12.3. The minimum Gasteiger partial charge on any atom is -0.466 e. The predicted molar refractivity (Wildman–Crippen MR) is 105 cm³/mol. The number of rotatable bonds is 8. The van der Waals surface area contributed by atoms with Crippen LogP contribution in [0.2, 0.25) is 0 Å². The fraction of sp³-hybridized carbons (Fsp3) is 0.684. The summed E-state index contributed by atoms with van der Waals surface area (Å²) in [7, 11) is 0. The summed E-state index contributed by atoms with van der Waals surface area (Å²) in [6.45, 7) is 5.80. The molecule has 2 heterocycles. The molecule has 0 aliphatic carbocycles. The van der Waals surface area contributed by atoms with Crippen molar-refractivity contribution in [3.05, 3.63) is 23.2 Å². The minimum atomic E-state index is -0.0842. The van der Waals surface area contributed by atoms with Gasteiger partial charge in [-0.2, -0.15) is 0 Å². The first-order chi connectivity index (χ1) is 12.0. The predicted octanol–water partition coefficient (Wildman–Crippen LogP) is 2.95. The van der Waals surface area contributed by atoms with Crippen LogP contribution in [0.5, 0.6) is 0 Å². The van der Waals surface area contributed by atoms with Gasteiger partial charge < -0.3 is 20.4 Å². The molecule has 6 nitrogen and oxygen atoms in total. The Hall–Kier alpha value is -1.53. The van der Waals surface area contributed by atoms with E-state index in [0.29, 0.717) is 17.7 Å². The molecule has 1 aliphatic heterocycles. The van der Waals surface area contributed by atoms with Crippen LogP contribution in [0.1, 0.15) is 66.8 Å². The van der Waals surface area contributed by atoms with Gasteiger partial charge in [0.05, 0.1) is 5.56 Å². The molecule has 148 valence electrons. The lowest BCUT2D eigenvalue weighted by Gasteiger charge is -2.32. The zero-order chi connectivity index (χ0) is 18.2. The van der Waals surface area contributed by atoms with Crippen LogP contribution in [0.3, 0.4) is 0 Å². The van der Waals surface area contributed by atoms with Crippen LogP contribution in [0.15, 0.2) is 10.5 Å².